The van der Waals surface area contributed by atoms with Gasteiger partial charge >= 0.3 is 36.6 Å². The van der Waals surface area contributed by atoms with Gasteiger partial charge in [0.05, 0.1) is 66.3 Å². The monoisotopic (exact) mass is 1780 g/mol. The van der Waals surface area contributed by atoms with Crippen LogP contribution in [0.4, 0.5) is 28.8 Å². The summed E-state index contributed by atoms with van der Waals surface area (Å²) in [6.45, 7) is -27.2. The van der Waals surface area contributed by atoms with Crippen LogP contribution in [0, 0.1) is 0 Å². The lowest BCUT2D eigenvalue weighted by Gasteiger charge is -2.09. The molecule has 126 heavy (non-hydrogen) atoms. The van der Waals surface area contributed by atoms with Crippen molar-refractivity contribution < 1.29 is 128 Å². The summed E-state index contributed by atoms with van der Waals surface area (Å²) < 4.78 is 446. The lowest BCUT2D eigenvalue weighted by molar-refractivity contribution is 0.176. The number of carbonyl (C=O) groups is 6. The molecular weight excluding hydrogens is 1600 g/mol. The molecule has 6 amide bonds. The number of aromatic nitrogens is 6. The number of rotatable bonds is 30. The molecule has 6 fully saturated rings. The molecule has 0 unspecified atom stereocenters. The van der Waals surface area contributed by atoms with Crippen molar-refractivity contribution in [2.75, 3.05) is 163 Å². The van der Waals surface area contributed by atoms with E-state index in [1.54, 1.807) is 39.3 Å². The van der Waals surface area contributed by atoms with Crippen molar-refractivity contribution in [2.45, 2.75) is 113 Å². The summed E-state index contributed by atoms with van der Waals surface area (Å²) in [5, 5.41) is 15.3. The van der Waals surface area contributed by atoms with Crippen LogP contribution in [0.15, 0.2) is 146 Å². The first kappa shape index (κ1) is 45.9. The lowest BCUT2D eigenvalue weighted by atomic mass is 10.0. The highest BCUT2D eigenvalue weighted by molar-refractivity contribution is 5.88. The summed E-state index contributed by atoms with van der Waals surface area (Å²) in [4.78, 5) is 89.0. The molecule has 12 heterocycles. The van der Waals surface area contributed by atoms with Gasteiger partial charge < -0.3 is 120 Å². The maximum absolute atomic E-state index is 11.4. The van der Waals surface area contributed by atoms with E-state index < -0.39 is 185 Å². The number of nitrogens with zero attached hydrogens (tertiary/aromatic N) is 6. The van der Waals surface area contributed by atoms with E-state index in [0.29, 0.717) is 32.5 Å². The Labute approximate surface area is 809 Å². The van der Waals surface area contributed by atoms with Crippen LogP contribution in [0.5, 0.6) is 0 Å². The van der Waals surface area contributed by atoms with Crippen LogP contribution in [0.3, 0.4) is 0 Å². The highest BCUT2D eigenvalue weighted by atomic mass is 16.6. The average molecular weight is 1780 g/mol. The number of likely N-dealkylation sites (N-methyl/N-ethyl adjacent to an activating group) is 6. The lowest BCUT2D eigenvalue weighted by Crippen LogP contribution is -2.28. The SMILES string of the molecule is [2H]c1c(C[C@@]2([2H])COC(=O)N2)c([2H])c2c(C([2H])([2H])CN(C([2H])([2H])[2H])C([2H])([2H])[2H])c[nH]c2c1[2H].[2H]c1c(C[C@@]2([2H])COC(=O)N2)c([2H])c2c(C([2H])([2H])CN(C)C([2H])([2H])[2H])c[nH]c2c1[2H].[2H]c1c(C[C@@]2([2H])COC(=O)N2)c([2H])c2c(C([2H])([2H])CN(C)C)c[nH]c2c1[2H].[2H]c1c(C[C@@]2([2H])COC(=O)N2)c([2H])c2c(CC([2H])([2H])N(C([2H])([2H])[2H])C([2H])([2H])[2H])c[nH]c2c1[2H].[2H]c1c(C[C@H]2COC(=O)N2)c([2H])c2c(CC([2H])([2H])N(C)C([2H])([2H])[2H])c[nH]c2c1[2H].[2H]c1c(C[C@H]2COC(=O)N2)c([2H])c2c(CC([2H])([2H])N(C)C)c[nH]c2c1[2H]. The summed E-state index contributed by atoms with van der Waals surface area (Å²) in [5.41, 5.74) is 2.25. The van der Waals surface area contributed by atoms with Gasteiger partial charge in [-0.05, 0) is 300 Å². The minimum Gasteiger partial charge on any atom is -0.447 e. The van der Waals surface area contributed by atoms with E-state index in [2.05, 4.69) is 61.8 Å². The molecule has 30 heteroatoms. The highest BCUT2D eigenvalue weighted by Crippen LogP contribution is 2.29. The second-order valence-corrected chi connectivity index (χ2v) is 29.4. The fourth-order valence-electron chi connectivity index (χ4n) is 12.9. The van der Waals surface area contributed by atoms with Crippen LogP contribution < -0.4 is 31.9 Å². The zero-order chi connectivity index (χ0) is 134. The van der Waals surface area contributed by atoms with E-state index in [1.807, 2.05) is 0 Å². The van der Waals surface area contributed by atoms with Crippen LogP contribution in [-0.2, 0) is 105 Å². The van der Waals surface area contributed by atoms with Gasteiger partial charge in [-0.25, -0.2) is 28.8 Å². The van der Waals surface area contributed by atoms with Crippen molar-refractivity contribution in [3.05, 3.63) is 213 Å². The molecule has 6 aliphatic heterocycles. The van der Waals surface area contributed by atoms with E-state index in [9.17, 15) is 28.8 Å². The average Bonchev–Trinajstić information content (AvgIpc) is 1.57. The van der Waals surface area contributed by atoms with Crippen molar-refractivity contribution in [2.24, 2.45) is 0 Å². The Morgan fingerprint density at radius 2 is 0.548 bits per heavy atom. The molecule has 0 radical (unpaired) electrons. The molecule has 30 nitrogen and oxygen atoms in total. The van der Waals surface area contributed by atoms with Crippen molar-refractivity contribution in [3.8, 4) is 0 Å². The second-order valence-electron chi connectivity index (χ2n) is 29.4. The fourth-order valence-corrected chi connectivity index (χ4v) is 12.9. The molecule has 6 aliphatic rings. The molecule has 0 bridgehead atoms. The maximum atomic E-state index is 11.4. The number of H-pyrrole nitrogens is 6. The molecule has 12 N–H and O–H groups in total. The van der Waals surface area contributed by atoms with E-state index >= 15 is 0 Å². The number of hydrogen-bond donors (Lipinski definition) is 12. The number of aromatic amines is 6. The molecule has 0 aliphatic carbocycles. The molecule has 6 aromatic heterocycles. The standard InChI is InChI=1S/6C16H21N3O2/c6*1-19(2)6-5-12-9-17-15-4-3-11(8-14(12)15)7-13-10-21-16(20)18-13/h6*3-4,8-9,13,17H,5-7,10H2,1-2H3,(H,18,20)/t6*13-/m000000/s1/i1D3,2D3,3D,4D,6D2,8D,13D;1D3,2D3,3D,4D,5D2,8D,13D;1D3,3D,4D,5D2,8D,13D;3D,4D,5D2,8D,13D;1D3,3D,4D,6D2,8D;3D,4D,6D2,8D. The Kier molecular flexibility index (Phi) is 15.9. The highest BCUT2D eigenvalue weighted by Gasteiger charge is 2.29. The Morgan fingerprint density at radius 1 is 0.302 bits per heavy atom. The third kappa shape index (κ3) is 26.5. The first-order valence-electron chi connectivity index (χ1n) is 64.9. The van der Waals surface area contributed by atoms with E-state index in [4.69, 9.17) is 99.7 Å². The van der Waals surface area contributed by atoms with Gasteiger partial charge in [0.25, 0.3) is 0 Å². The topological polar surface area (TPSA) is 344 Å². The number of ether oxygens (including phenoxy) is 6. The summed E-state index contributed by atoms with van der Waals surface area (Å²) in [5.74, 6) is 0. The molecule has 0 saturated carbocycles. The van der Waals surface area contributed by atoms with Gasteiger partial charge in [0.2, 0.25) is 0 Å². The number of aryl methyl sites for hydroxylation is 3. The van der Waals surface area contributed by atoms with Crippen molar-refractivity contribution in [1.29, 1.82) is 0 Å². The molecule has 12 aromatic rings. The molecule has 672 valence electrons. The number of hydrogen-bond acceptors (Lipinski definition) is 18. The second kappa shape index (κ2) is 43.7. The predicted octanol–water partition coefficient (Wildman–Crippen LogP) is 11.5. The predicted molar refractivity (Wildman–Crippen MR) is 495 cm³/mol. The largest absolute Gasteiger partial charge is 0.447 e. The van der Waals surface area contributed by atoms with E-state index in [0.717, 1.165) is 18.1 Å². The summed E-state index contributed by atoms with van der Waals surface area (Å²) >= 11 is 0. The van der Waals surface area contributed by atoms with Crippen LogP contribution in [-0.4, -0.2) is 295 Å². The zero-order valence-electron chi connectivity index (χ0n) is 121. The number of cyclic esters (lactones) is 6. The van der Waals surface area contributed by atoms with Crippen LogP contribution in [0.1, 0.15) is 138 Å². The third-order valence-electron chi connectivity index (χ3n) is 18.8. The van der Waals surface area contributed by atoms with Crippen LogP contribution >= 0.6 is 0 Å². The van der Waals surface area contributed by atoms with Gasteiger partial charge in [0.1, 0.15) is 39.6 Å². The van der Waals surface area contributed by atoms with Gasteiger partial charge in [-0.15, -0.1) is 0 Å². The van der Waals surface area contributed by atoms with Crippen molar-refractivity contribution in [3.63, 3.8) is 0 Å². The molecule has 6 aromatic carbocycles. The van der Waals surface area contributed by atoms with Gasteiger partial charge in [-0.2, -0.15) is 0 Å². The number of nitrogens with one attached hydrogen (secondary N) is 12. The van der Waals surface area contributed by atoms with Crippen molar-refractivity contribution >= 4 is 102 Å². The third-order valence-corrected chi connectivity index (χ3v) is 18.8. The Balaban J connectivity index is 0.000000174. The normalized spacial score (nSPS) is 27.8. The number of alkyl carbamates (subject to hydrolysis) is 6. The minimum absolute atomic E-state index is 0.000231. The van der Waals surface area contributed by atoms with Crippen molar-refractivity contribution in [1.82, 2.24) is 91.2 Å². The Morgan fingerprint density at radius 3 is 0.810 bits per heavy atom. The van der Waals surface area contributed by atoms with Gasteiger partial charge in [0.15, 0.2) is 0 Å². The Bertz CT molecular complexity index is 8350. The number of amides is 6. The van der Waals surface area contributed by atoms with Gasteiger partial charge in [-0.1, -0.05) is 36.3 Å². The van der Waals surface area contributed by atoms with Gasteiger partial charge in [0, 0.05) is 183 Å². The first-order chi connectivity index (χ1) is 81.3. The summed E-state index contributed by atoms with van der Waals surface area (Å²) in [7, 11) is 9.19. The van der Waals surface area contributed by atoms with E-state index in [1.165, 1.54) is 36.7 Å². The number of carbonyl (C=O) groups excluding carboxylic acids is 6. The molecule has 6 saturated heterocycles. The van der Waals surface area contributed by atoms with Crippen LogP contribution in [0.25, 0.3) is 65.4 Å². The van der Waals surface area contributed by atoms with E-state index in [-0.39, 0.29) is 309 Å². The minimum atomic E-state index is -3.29. The zero-order valence-corrected chi connectivity index (χ0v) is 68.9. The quantitative estimate of drug-likeness (QED) is 0.0186. The Hall–Kier alpha value is -12.1. The fraction of sp³-hybridized carbons (Fsp3) is 0.438. The van der Waals surface area contributed by atoms with Crippen LogP contribution in [0.2, 0.25) is 0 Å². The molecule has 18 rings (SSSR count). The molecule has 0 spiro atoms. The summed E-state index contributed by atoms with van der Waals surface area (Å²) in [6.07, 6.45) is -4.64. The molecule has 6 atom stereocenters. The summed E-state index contributed by atoms with van der Waals surface area (Å²) in [6, 6.07) is -11.2. The first-order valence-corrected chi connectivity index (χ1v) is 38.9. The number of fused-ring (bicyclic) bond motifs is 6. The van der Waals surface area contributed by atoms with Gasteiger partial charge in [-0.3, -0.25) is 0 Å². The smallest absolute Gasteiger partial charge is 0.407 e. The number of benzene rings is 6. The molecular formula is C96H126N18O12. The maximum Gasteiger partial charge on any atom is 0.407 e.